The minimum absolute atomic E-state index is 0.170. The number of carboxylic acid groups (broad SMARTS) is 1. The van der Waals surface area contributed by atoms with E-state index in [-0.39, 0.29) is 12.6 Å². The summed E-state index contributed by atoms with van der Waals surface area (Å²) in [7, 11) is 0. The molecule has 0 saturated heterocycles. The molecule has 1 aromatic carbocycles. The fraction of sp³-hybridized carbons (Fsp3) is 0.400. The Kier molecular flexibility index (Phi) is 6.44. The van der Waals surface area contributed by atoms with Crippen LogP contribution in [0.2, 0.25) is 0 Å². The Labute approximate surface area is 153 Å². The average molecular weight is 355 g/mol. The van der Waals surface area contributed by atoms with Crippen molar-refractivity contribution in [3.8, 4) is 5.75 Å². The number of aromatic nitrogens is 1. The van der Waals surface area contributed by atoms with Crippen LogP contribution >= 0.6 is 0 Å². The number of carboxylic acids is 1. The van der Waals surface area contributed by atoms with Gasteiger partial charge in [0.25, 0.3) is 0 Å². The lowest BCUT2D eigenvalue weighted by molar-refractivity contribution is -0.137. The number of rotatable bonds is 9. The first kappa shape index (κ1) is 18.2. The summed E-state index contributed by atoms with van der Waals surface area (Å²) in [4.78, 5) is 15.3. The highest BCUT2D eigenvalue weighted by Crippen LogP contribution is 2.22. The number of carbonyl (C=O) groups is 1. The number of aryl methyl sites for hydroxylation is 2. The first-order valence-electron chi connectivity index (χ1n) is 9.09. The Balaban J connectivity index is 1.44. The molecular formula is C20H25N3O3. The van der Waals surface area contributed by atoms with E-state index in [4.69, 9.17) is 9.84 Å². The highest BCUT2D eigenvalue weighted by Gasteiger charge is 2.18. The van der Waals surface area contributed by atoms with Crippen LogP contribution in [-0.4, -0.2) is 35.4 Å². The van der Waals surface area contributed by atoms with Gasteiger partial charge in [-0.15, -0.1) is 0 Å². The lowest BCUT2D eigenvalue weighted by atomic mass is 10.0. The Morgan fingerprint density at radius 2 is 2.12 bits per heavy atom. The maximum atomic E-state index is 10.6. The molecule has 0 saturated carbocycles. The van der Waals surface area contributed by atoms with Crippen molar-refractivity contribution in [2.24, 2.45) is 0 Å². The zero-order valence-electron chi connectivity index (χ0n) is 14.8. The van der Waals surface area contributed by atoms with Crippen LogP contribution < -0.4 is 15.4 Å². The summed E-state index contributed by atoms with van der Waals surface area (Å²) < 4.78 is 5.70. The topological polar surface area (TPSA) is 83.5 Å². The van der Waals surface area contributed by atoms with E-state index in [1.165, 1.54) is 5.56 Å². The van der Waals surface area contributed by atoms with Crippen LogP contribution in [0.25, 0.3) is 0 Å². The number of aliphatic carboxylic acids is 1. The van der Waals surface area contributed by atoms with Gasteiger partial charge in [-0.2, -0.15) is 0 Å². The Morgan fingerprint density at radius 3 is 2.92 bits per heavy atom. The number of ether oxygens (including phenoxy) is 1. The predicted octanol–water partition coefficient (Wildman–Crippen LogP) is 2.84. The standard InChI is InChI=1S/C20H25N3O3/c24-19(25)8-4-5-16-11-9-15-10-12-18(23-20(15)22-16)21-13-14-26-17-6-2-1-3-7-17/h1-3,6-7,9,11,18,21H,4-5,8,10,12-14H2,(H,22,23)(H,24,25). The molecule has 0 spiro atoms. The van der Waals surface area contributed by atoms with E-state index in [0.29, 0.717) is 19.4 Å². The number of fused-ring (bicyclic) bond motifs is 1. The van der Waals surface area contributed by atoms with Crippen molar-refractivity contribution < 1.29 is 14.6 Å². The lowest BCUT2D eigenvalue weighted by Gasteiger charge is -2.27. The van der Waals surface area contributed by atoms with Gasteiger partial charge in [0, 0.05) is 18.7 Å². The molecule has 0 fully saturated rings. The molecule has 1 aliphatic heterocycles. The first-order chi connectivity index (χ1) is 12.7. The summed E-state index contributed by atoms with van der Waals surface area (Å²) in [6.45, 7) is 1.36. The van der Waals surface area contributed by atoms with Crippen molar-refractivity contribution in [3.05, 3.63) is 53.7 Å². The minimum atomic E-state index is -0.761. The number of hydrogen-bond donors (Lipinski definition) is 3. The summed E-state index contributed by atoms with van der Waals surface area (Å²) in [5.41, 5.74) is 2.15. The van der Waals surface area contributed by atoms with Gasteiger partial charge in [-0.3, -0.25) is 10.1 Å². The van der Waals surface area contributed by atoms with E-state index in [2.05, 4.69) is 21.7 Å². The highest BCUT2D eigenvalue weighted by molar-refractivity contribution is 5.66. The van der Waals surface area contributed by atoms with E-state index < -0.39 is 5.97 Å². The van der Waals surface area contributed by atoms with Crippen LogP contribution in [-0.2, 0) is 17.6 Å². The molecule has 0 bridgehead atoms. The van der Waals surface area contributed by atoms with Crippen molar-refractivity contribution in [1.29, 1.82) is 0 Å². The van der Waals surface area contributed by atoms with E-state index in [1.807, 2.05) is 36.4 Å². The predicted molar refractivity (Wildman–Crippen MR) is 100 cm³/mol. The smallest absolute Gasteiger partial charge is 0.303 e. The molecule has 6 nitrogen and oxygen atoms in total. The summed E-state index contributed by atoms with van der Waals surface area (Å²) in [6.07, 6.45) is 3.62. The van der Waals surface area contributed by atoms with Gasteiger partial charge in [0.05, 0.1) is 6.17 Å². The van der Waals surface area contributed by atoms with Crippen LogP contribution in [0.5, 0.6) is 5.75 Å². The second kappa shape index (κ2) is 9.20. The summed E-state index contributed by atoms with van der Waals surface area (Å²) in [6, 6.07) is 13.9. The molecule has 1 aliphatic rings. The number of benzene rings is 1. The van der Waals surface area contributed by atoms with Crippen molar-refractivity contribution >= 4 is 11.8 Å². The number of anilines is 1. The maximum absolute atomic E-state index is 10.6. The molecule has 6 heteroatoms. The third-order valence-corrected chi connectivity index (χ3v) is 4.38. The largest absolute Gasteiger partial charge is 0.492 e. The number of para-hydroxylation sites is 1. The van der Waals surface area contributed by atoms with Gasteiger partial charge < -0.3 is 15.2 Å². The number of nitrogens with one attached hydrogen (secondary N) is 2. The molecule has 26 heavy (non-hydrogen) atoms. The highest BCUT2D eigenvalue weighted by atomic mass is 16.5. The maximum Gasteiger partial charge on any atom is 0.303 e. The zero-order valence-corrected chi connectivity index (χ0v) is 14.8. The second-order valence-corrected chi connectivity index (χ2v) is 6.41. The summed E-state index contributed by atoms with van der Waals surface area (Å²) in [5.74, 6) is 1.03. The van der Waals surface area contributed by atoms with Gasteiger partial charge in [-0.05, 0) is 49.4 Å². The fourth-order valence-corrected chi connectivity index (χ4v) is 3.02. The molecule has 1 unspecified atom stereocenters. The molecule has 1 atom stereocenters. The van der Waals surface area contributed by atoms with Crippen LogP contribution in [0.4, 0.5) is 5.82 Å². The summed E-state index contributed by atoms with van der Waals surface area (Å²) >= 11 is 0. The van der Waals surface area contributed by atoms with Crippen molar-refractivity contribution in [2.45, 2.75) is 38.3 Å². The second-order valence-electron chi connectivity index (χ2n) is 6.41. The van der Waals surface area contributed by atoms with Gasteiger partial charge in [0.2, 0.25) is 0 Å². The Hall–Kier alpha value is -2.60. The molecule has 3 N–H and O–H groups in total. The van der Waals surface area contributed by atoms with Crippen LogP contribution in [0.3, 0.4) is 0 Å². The van der Waals surface area contributed by atoms with Crippen LogP contribution in [0.1, 0.15) is 30.5 Å². The van der Waals surface area contributed by atoms with E-state index in [0.717, 1.165) is 36.6 Å². The number of pyridine rings is 1. The fourth-order valence-electron chi connectivity index (χ4n) is 3.02. The zero-order chi connectivity index (χ0) is 18.2. The average Bonchev–Trinajstić information content (AvgIpc) is 2.65. The van der Waals surface area contributed by atoms with Gasteiger partial charge in [-0.25, -0.2) is 4.98 Å². The Morgan fingerprint density at radius 1 is 1.27 bits per heavy atom. The molecule has 3 rings (SSSR count). The van der Waals surface area contributed by atoms with E-state index in [9.17, 15) is 4.79 Å². The van der Waals surface area contributed by atoms with E-state index in [1.54, 1.807) is 0 Å². The first-order valence-corrected chi connectivity index (χ1v) is 9.09. The van der Waals surface area contributed by atoms with Gasteiger partial charge in [-0.1, -0.05) is 24.3 Å². The minimum Gasteiger partial charge on any atom is -0.492 e. The van der Waals surface area contributed by atoms with Crippen LogP contribution in [0, 0.1) is 0 Å². The van der Waals surface area contributed by atoms with Gasteiger partial charge in [0.1, 0.15) is 18.2 Å². The van der Waals surface area contributed by atoms with E-state index >= 15 is 0 Å². The quantitative estimate of drug-likeness (QED) is 0.600. The molecular weight excluding hydrogens is 330 g/mol. The SMILES string of the molecule is O=C(O)CCCc1ccc2c(n1)NC(NCCOc1ccccc1)CC2. The summed E-state index contributed by atoms with van der Waals surface area (Å²) in [5, 5.41) is 15.6. The molecule has 0 aliphatic carbocycles. The lowest BCUT2D eigenvalue weighted by Crippen LogP contribution is -2.41. The van der Waals surface area contributed by atoms with Gasteiger partial charge >= 0.3 is 5.97 Å². The van der Waals surface area contributed by atoms with Crippen LogP contribution in [0.15, 0.2) is 42.5 Å². The molecule has 138 valence electrons. The molecule has 2 heterocycles. The van der Waals surface area contributed by atoms with Crippen molar-refractivity contribution in [3.63, 3.8) is 0 Å². The van der Waals surface area contributed by atoms with Crippen molar-refractivity contribution in [2.75, 3.05) is 18.5 Å². The molecule has 0 amide bonds. The number of nitrogens with zero attached hydrogens (tertiary/aromatic N) is 1. The van der Waals surface area contributed by atoms with Crippen molar-refractivity contribution in [1.82, 2.24) is 10.3 Å². The normalized spacial score (nSPS) is 15.8. The monoisotopic (exact) mass is 355 g/mol. The third kappa shape index (κ3) is 5.46. The van der Waals surface area contributed by atoms with Gasteiger partial charge in [0.15, 0.2) is 0 Å². The molecule has 2 aromatic rings. The molecule has 0 radical (unpaired) electrons. The Bertz CT molecular complexity index is 721. The molecule has 1 aromatic heterocycles. The third-order valence-electron chi connectivity index (χ3n) is 4.38. The number of hydrogen-bond acceptors (Lipinski definition) is 5.